The van der Waals surface area contributed by atoms with Gasteiger partial charge in [-0.2, -0.15) is 0 Å². The molecule has 0 bridgehead atoms. The fourth-order valence-corrected chi connectivity index (χ4v) is 0.508. The summed E-state index contributed by atoms with van der Waals surface area (Å²) >= 11 is 0. The molecule has 0 aromatic rings. The van der Waals surface area contributed by atoms with Crippen molar-refractivity contribution >= 4 is 11.6 Å². The first-order valence-corrected chi connectivity index (χ1v) is 4.33. The van der Waals surface area contributed by atoms with E-state index in [0.717, 1.165) is 0 Å². The van der Waals surface area contributed by atoms with E-state index < -0.39 is 0 Å². The van der Waals surface area contributed by atoms with Crippen LogP contribution in [0.15, 0.2) is 24.3 Å². The number of halogens is 3. The molecule has 0 saturated carbocycles. The van der Waals surface area contributed by atoms with Gasteiger partial charge in [0.25, 0.3) is 0 Å². The molecule has 0 aliphatic heterocycles. The normalized spacial score (nSPS) is 7.78. The average molecular weight is 348 g/mol. The van der Waals surface area contributed by atoms with Crippen molar-refractivity contribution in [3.63, 3.8) is 0 Å². The van der Waals surface area contributed by atoms with Gasteiger partial charge in [-0.05, 0) is 26.0 Å². The van der Waals surface area contributed by atoms with E-state index in [0.29, 0.717) is 0 Å². The maximum Gasteiger partial charge on any atom is 3.00 e. The summed E-state index contributed by atoms with van der Waals surface area (Å²) < 4.78 is 0. The molecule has 106 valence electrons. The SMILES string of the molecule is CC=CC(=O)CN.CC=CC(=O)CN.[F-].[F-].[F-].[Nb+3]. The molecule has 0 aromatic heterocycles. The number of hydrogen-bond acceptors (Lipinski definition) is 4. The summed E-state index contributed by atoms with van der Waals surface area (Å²) in [4.78, 5) is 20.4. The molecule has 0 aliphatic carbocycles. The van der Waals surface area contributed by atoms with Crippen LogP contribution >= 0.6 is 0 Å². The number of allylic oxidation sites excluding steroid dienone is 2. The Morgan fingerprint density at radius 3 is 1.11 bits per heavy atom. The summed E-state index contributed by atoms with van der Waals surface area (Å²) in [6.45, 7) is 3.80. The number of nitrogens with two attached hydrogens (primary N) is 2. The van der Waals surface area contributed by atoms with E-state index in [2.05, 4.69) is 0 Å². The molecular weight excluding hydrogens is 330 g/mol. The summed E-state index contributed by atoms with van der Waals surface area (Å²) in [5.74, 6) is -0.0509. The van der Waals surface area contributed by atoms with Crippen molar-refractivity contribution in [2.75, 3.05) is 13.1 Å². The smallest absolute Gasteiger partial charge is 1.00 e. The van der Waals surface area contributed by atoms with Crippen molar-refractivity contribution in [1.82, 2.24) is 0 Å². The Labute approximate surface area is 120 Å². The molecule has 0 atom stereocenters. The van der Waals surface area contributed by atoms with Gasteiger partial charge >= 0.3 is 22.4 Å². The van der Waals surface area contributed by atoms with E-state index in [-0.39, 0.29) is 61.1 Å². The largest absolute Gasteiger partial charge is 3.00 e. The van der Waals surface area contributed by atoms with Gasteiger partial charge < -0.3 is 25.6 Å². The average Bonchev–Trinajstić information content (AvgIpc) is 2.19. The van der Waals surface area contributed by atoms with Gasteiger partial charge in [-0.1, -0.05) is 12.2 Å². The zero-order valence-electron chi connectivity index (χ0n) is 10.3. The van der Waals surface area contributed by atoms with Crippen LogP contribution in [-0.4, -0.2) is 24.7 Å². The third-order valence-electron chi connectivity index (χ3n) is 1.11. The quantitative estimate of drug-likeness (QED) is 0.390. The molecule has 8 heteroatoms. The van der Waals surface area contributed by atoms with Crippen molar-refractivity contribution < 1.29 is 46.1 Å². The minimum atomic E-state index is -0.0255. The molecular formula is C10H18F3N2NbO2. The van der Waals surface area contributed by atoms with Gasteiger partial charge in [-0.15, -0.1) is 0 Å². The van der Waals surface area contributed by atoms with Crippen LogP contribution in [0.3, 0.4) is 0 Å². The maximum absolute atomic E-state index is 10.2. The number of hydrogen-bond donors (Lipinski definition) is 2. The fourth-order valence-electron chi connectivity index (χ4n) is 0.508. The molecule has 18 heavy (non-hydrogen) atoms. The van der Waals surface area contributed by atoms with E-state index in [1.165, 1.54) is 12.2 Å². The summed E-state index contributed by atoms with van der Waals surface area (Å²) in [5.41, 5.74) is 9.91. The fraction of sp³-hybridized carbons (Fsp3) is 0.400. The first-order valence-electron chi connectivity index (χ1n) is 4.33. The van der Waals surface area contributed by atoms with Crippen LogP contribution in [0, 0.1) is 0 Å². The van der Waals surface area contributed by atoms with Crippen molar-refractivity contribution in [3.8, 4) is 0 Å². The Morgan fingerprint density at radius 1 is 0.833 bits per heavy atom. The molecule has 0 saturated heterocycles. The Bertz CT molecular complexity index is 213. The minimum Gasteiger partial charge on any atom is -1.00 e. The second-order valence-electron chi connectivity index (χ2n) is 2.34. The molecule has 0 amide bonds. The molecule has 4 nitrogen and oxygen atoms in total. The number of ketones is 2. The van der Waals surface area contributed by atoms with Crippen molar-refractivity contribution in [2.24, 2.45) is 11.5 Å². The van der Waals surface area contributed by atoms with Gasteiger partial charge in [0.2, 0.25) is 0 Å². The second-order valence-corrected chi connectivity index (χ2v) is 2.34. The molecule has 0 fully saturated rings. The summed E-state index contributed by atoms with van der Waals surface area (Å²) in [6.07, 6.45) is 6.27. The number of rotatable bonds is 4. The molecule has 0 rings (SSSR count). The van der Waals surface area contributed by atoms with Gasteiger partial charge in [-0.25, -0.2) is 0 Å². The third-order valence-corrected chi connectivity index (χ3v) is 1.11. The Balaban J connectivity index is -0.0000000327. The molecule has 0 aliphatic rings. The van der Waals surface area contributed by atoms with E-state index >= 15 is 0 Å². The maximum atomic E-state index is 10.2. The predicted octanol–water partition coefficient (Wildman–Crippen LogP) is -8.81. The zero-order valence-corrected chi connectivity index (χ0v) is 12.5. The van der Waals surface area contributed by atoms with Crippen molar-refractivity contribution in [3.05, 3.63) is 24.3 Å². The van der Waals surface area contributed by atoms with Crippen LogP contribution in [0.25, 0.3) is 0 Å². The zero-order chi connectivity index (χ0) is 11.4. The van der Waals surface area contributed by atoms with Crippen LogP contribution in [0.1, 0.15) is 13.8 Å². The van der Waals surface area contributed by atoms with E-state index in [1.807, 2.05) is 0 Å². The summed E-state index contributed by atoms with van der Waals surface area (Å²) in [6, 6.07) is 0. The first-order chi connectivity index (χ1) is 6.62. The molecule has 0 aromatic carbocycles. The summed E-state index contributed by atoms with van der Waals surface area (Å²) in [5, 5.41) is 0. The Kier molecular flexibility index (Phi) is 59.7. The van der Waals surface area contributed by atoms with Crippen molar-refractivity contribution in [2.45, 2.75) is 13.8 Å². The van der Waals surface area contributed by atoms with E-state index in [9.17, 15) is 9.59 Å². The number of carbonyl (C=O) groups excluding carboxylic acids is 2. The second kappa shape index (κ2) is 29.9. The number of carbonyl (C=O) groups is 2. The van der Waals surface area contributed by atoms with Crippen LogP contribution in [-0.2, 0) is 32.0 Å². The topological polar surface area (TPSA) is 86.2 Å². The van der Waals surface area contributed by atoms with Gasteiger partial charge in [0, 0.05) is 0 Å². The summed E-state index contributed by atoms with van der Waals surface area (Å²) in [7, 11) is 0. The standard InChI is InChI=1S/2C5H9NO.3FH.Nb/c2*1-2-3-5(7)4-6;;;;/h2*2-3H,4,6H2,1H3;3*1H;/q;;;;;+3/p-3. The van der Waals surface area contributed by atoms with Gasteiger partial charge in [-0.3, -0.25) is 9.59 Å². The molecule has 0 spiro atoms. The first kappa shape index (κ1) is 36.0. The predicted molar refractivity (Wildman–Crippen MR) is 57.8 cm³/mol. The molecule has 4 N–H and O–H groups in total. The van der Waals surface area contributed by atoms with Crippen LogP contribution < -0.4 is 25.6 Å². The van der Waals surface area contributed by atoms with Crippen molar-refractivity contribution in [1.29, 1.82) is 0 Å². The van der Waals surface area contributed by atoms with Crippen LogP contribution in [0.4, 0.5) is 0 Å². The Hall–Kier alpha value is -0.730. The minimum absolute atomic E-state index is 0. The van der Waals surface area contributed by atoms with Crippen LogP contribution in [0.5, 0.6) is 0 Å². The van der Waals surface area contributed by atoms with E-state index in [1.54, 1.807) is 26.0 Å². The van der Waals surface area contributed by atoms with Gasteiger partial charge in [0.15, 0.2) is 11.6 Å². The van der Waals surface area contributed by atoms with Gasteiger partial charge in [0.1, 0.15) is 0 Å². The van der Waals surface area contributed by atoms with Crippen LogP contribution in [0.2, 0.25) is 0 Å². The van der Waals surface area contributed by atoms with Gasteiger partial charge in [0.05, 0.1) is 13.1 Å². The molecule has 0 unspecified atom stereocenters. The third kappa shape index (κ3) is 36.2. The molecule has 0 heterocycles. The Morgan fingerprint density at radius 2 is 1.06 bits per heavy atom. The monoisotopic (exact) mass is 348 g/mol. The van der Waals surface area contributed by atoms with E-state index in [4.69, 9.17) is 11.5 Å². The molecule has 0 radical (unpaired) electrons.